The highest BCUT2D eigenvalue weighted by atomic mass is 32.2. The fourth-order valence-electron chi connectivity index (χ4n) is 2.01. The van der Waals surface area contributed by atoms with Gasteiger partial charge >= 0.3 is 0 Å². The molecule has 0 saturated heterocycles. The van der Waals surface area contributed by atoms with Crippen molar-refractivity contribution in [2.75, 3.05) is 25.6 Å². The van der Waals surface area contributed by atoms with E-state index in [0.717, 1.165) is 16.9 Å². The Balaban J connectivity index is 2.90. The molecule has 0 saturated carbocycles. The molecule has 1 rings (SSSR count). The Morgan fingerprint density at radius 2 is 2.05 bits per heavy atom. The Labute approximate surface area is 126 Å². The zero-order valence-corrected chi connectivity index (χ0v) is 14.2. The number of thioether (sulfide) groups is 1. The van der Waals surface area contributed by atoms with Crippen molar-refractivity contribution in [3.05, 3.63) is 29.3 Å². The lowest BCUT2D eigenvalue weighted by molar-refractivity contribution is 0.562. The van der Waals surface area contributed by atoms with Crippen LogP contribution in [0.25, 0.3) is 0 Å². The van der Waals surface area contributed by atoms with Crippen LogP contribution in [0.5, 0.6) is 0 Å². The predicted octanol–water partition coefficient (Wildman–Crippen LogP) is 1.99. The lowest BCUT2D eigenvalue weighted by Crippen LogP contribution is -2.30. The van der Waals surface area contributed by atoms with Crippen LogP contribution in [0.4, 0.5) is 0 Å². The molecule has 0 aliphatic carbocycles. The molecule has 1 atom stereocenters. The van der Waals surface area contributed by atoms with E-state index in [0.29, 0.717) is 23.9 Å². The zero-order chi connectivity index (χ0) is 15.2. The van der Waals surface area contributed by atoms with E-state index in [9.17, 15) is 8.42 Å². The fraction of sp³-hybridized carbons (Fsp3) is 0.571. The summed E-state index contributed by atoms with van der Waals surface area (Å²) in [7, 11) is -1.58. The highest BCUT2D eigenvalue weighted by molar-refractivity contribution is 7.98. The van der Waals surface area contributed by atoms with Gasteiger partial charge in [-0.1, -0.05) is 19.1 Å². The maximum atomic E-state index is 12.4. The maximum absolute atomic E-state index is 12.4. The van der Waals surface area contributed by atoms with Crippen LogP contribution in [0.15, 0.2) is 23.1 Å². The fourth-order valence-corrected chi connectivity index (χ4v) is 4.14. The van der Waals surface area contributed by atoms with E-state index < -0.39 is 10.0 Å². The second-order valence-electron chi connectivity index (χ2n) is 4.98. The molecule has 0 bridgehead atoms. The summed E-state index contributed by atoms with van der Waals surface area (Å²) in [5.74, 6) is 1.27. The second-order valence-corrected chi connectivity index (χ2v) is 7.63. The van der Waals surface area contributed by atoms with E-state index in [1.165, 1.54) is 0 Å². The van der Waals surface area contributed by atoms with E-state index in [1.54, 1.807) is 23.9 Å². The standard InChI is InChI=1S/C14H24N2O2S2/c1-11(10-19-4)8-16-20(17,18)14-7-5-6-13(9-15-3)12(14)2/h5-7,11,15-16H,8-10H2,1-4H3. The quantitative estimate of drug-likeness (QED) is 0.770. The summed E-state index contributed by atoms with van der Waals surface area (Å²) >= 11 is 1.73. The van der Waals surface area contributed by atoms with Crippen LogP contribution in [-0.2, 0) is 16.6 Å². The molecule has 0 fully saturated rings. The second kappa shape index (κ2) is 8.02. The highest BCUT2D eigenvalue weighted by Crippen LogP contribution is 2.19. The zero-order valence-electron chi connectivity index (χ0n) is 12.6. The first-order valence-corrected chi connectivity index (χ1v) is 9.51. The van der Waals surface area contributed by atoms with Crippen LogP contribution in [0.1, 0.15) is 18.1 Å². The summed E-state index contributed by atoms with van der Waals surface area (Å²) in [4.78, 5) is 0.376. The van der Waals surface area contributed by atoms with Crippen molar-refractivity contribution < 1.29 is 8.42 Å². The van der Waals surface area contributed by atoms with E-state index in [1.807, 2.05) is 33.2 Å². The monoisotopic (exact) mass is 316 g/mol. The molecule has 2 N–H and O–H groups in total. The topological polar surface area (TPSA) is 58.2 Å². The van der Waals surface area contributed by atoms with E-state index in [2.05, 4.69) is 10.0 Å². The number of hydrogen-bond acceptors (Lipinski definition) is 4. The van der Waals surface area contributed by atoms with Crippen molar-refractivity contribution in [1.29, 1.82) is 0 Å². The van der Waals surface area contributed by atoms with Crippen LogP contribution in [0.3, 0.4) is 0 Å². The van der Waals surface area contributed by atoms with Gasteiger partial charge in [-0.05, 0) is 49.1 Å². The molecule has 1 aromatic rings. The molecule has 0 aliphatic rings. The lowest BCUT2D eigenvalue weighted by Gasteiger charge is -2.15. The summed E-state index contributed by atoms with van der Waals surface area (Å²) in [6, 6.07) is 5.40. The first-order chi connectivity index (χ1) is 9.42. The minimum atomic E-state index is -3.43. The Kier molecular flexibility index (Phi) is 7.02. The Bertz CT molecular complexity index is 530. The van der Waals surface area contributed by atoms with Gasteiger partial charge in [0.05, 0.1) is 4.90 Å². The van der Waals surface area contributed by atoms with Crippen molar-refractivity contribution in [3.63, 3.8) is 0 Å². The van der Waals surface area contributed by atoms with Gasteiger partial charge < -0.3 is 5.32 Å². The molecule has 0 aliphatic heterocycles. The van der Waals surface area contributed by atoms with Gasteiger partial charge in [0.1, 0.15) is 0 Å². The summed E-state index contributed by atoms with van der Waals surface area (Å²) in [6.07, 6.45) is 2.02. The van der Waals surface area contributed by atoms with E-state index in [4.69, 9.17) is 0 Å². The van der Waals surface area contributed by atoms with Crippen LogP contribution < -0.4 is 10.0 Å². The SMILES string of the molecule is CNCc1cccc(S(=O)(=O)NCC(C)CSC)c1C. The van der Waals surface area contributed by atoms with E-state index >= 15 is 0 Å². The summed E-state index contributed by atoms with van der Waals surface area (Å²) in [5, 5.41) is 3.05. The van der Waals surface area contributed by atoms with Crippen LogP contribution in [0.2, 0.25) is 0 Å². The van der Waals surface area contributed by atoms with Gasteiger partial charge in [-0.3, -0.25) is 0 Å². The molecule has 1 aromatic carbocycles. The molecular formula is C14H24N2O2S2. The Morgan fingerprint density at radius 3 is 2.65 bits per heavy atom. The third kappa shape index (κ3) is 4.77. The molecule has 6 heteroatoms. The molecule has 114 valence electrons. The smallest absolute Gasteiger partial charge is 0.240 e. The molecular weight excluding hydrogens is 292 g/mol. The normalized spacial score (nSPS) is 13.4. The van der Waals surface area contributed by atoms with Gasteiger partial charge in [-0.15, -0.1) is 0 Å². The summed E-state index contributed by atoms with van der Waals surface area (Å²) in [6.45, 7) is 5.03. The molecule has 0 amide bonds. The van der Waals surface area contributed by atoms with Gasteiger partial charge in [0, 0.05) is 13.1 Å². The Morgan fingerprint density at radius 1 is 1.35 bits per heavy atom. The number of sulfonamides is 1. The van der Waals surface area contributed by atoms with Crippen LogP contribution in [0, 0.1) is 12.8 Å². The number of benzene rings is 1. The third-order valence-electron chi connectivity index (χ3n) is 3.13. The van der Waals surface area contributed by atoms with Crippen molar-refractivity contribution in [1.82, 2.24) is 10.0 Å². The summed E-state index contributed by atoms with van der Waals surface area (Å²) in [5.41, 5.74) is 1.82. The van der Waals surface area contributed by atoms with Crippen molar-refractivity contribution >= 4 is 21.8 Å². The van der Waals surface area contributed by atoms with Crippen molar-refractivity contribution in [2.45, 2.75) is 25.3 Å². The number of nitrogens with one attached hydrogen (secondary N) is 2. The largest absolute Gasteiger partial charge is 0.316 e. The molecule has 0 heterocycles. The van der Waals surface area contributed by atoms with Gasteiger partial charge in [-0.25, -0.2) is 13.1 Å². The minimum absolute atomic E-state index is 0.320. The van der Waals surface area contributed by atoms with Gasteiger partial charge in [0.2, 0.25) is 10.0 Å². The van der Waals surface area contributed by atoms with Crippen molar-refractivity contribution in [2.24, 2.45) is 5.92 Å². The third-order valence-corrected chi connectivity index (χ3v) is 5.60. The Hall–Kier alpha value is -0.560. The molecule has 0 spiro atoms. The van der Waals surface area contributed by atoms with Crippen molar-refractivity contribution in [3.8, 4) is 0 Å². The molecule has 0 aromatic heterocycles. The van der Waals surface area contributed by atoms with Crippen LogP contribution in [-0.4, -0.2) is 34.0 Å². The van der Waals surface area contributed by atoms with E-state index in [-0.39, 0.29) is 0 Å². The minimum Gasteiger partial charge on any atom is -0.316 e. The average Bonchev–Trinajstić information content (AvgIpc) is 2.39. The number of hydrogen-bond donors (Lipinski definition) is 2. The predicted molar refractivity (Wildman–Crippen MR) is 86.7 cm³/mol. The van der Waals surface area contributed by atoms with Crippen LogP contribution >= 0.6 is 11.8 Å². The van der Waals surface area contributed by atoms with Gasteiger partial charge in [-0.2, -0.15) is 11.8 Å². The molecule has 4 nitrogen and oxygen atoms in total. The first kappa shape index (κ1) is 17.5. The van der Waals surface area contributed by atoms with Gasteiger partial charge in [0.15, 0.2) is 0 Å². The molecule has 20 heavy (non-hydrogen) atoms. The summed E-state index contributed by atoms with van der Waals surface area (Å²) < 4.78 is 27.5. The number of rotatable bonds is 8. The lowest BCUT2D eigenvalue weighted by atomic mass is 10.1. The molecule has 0 radical (unpaired) electrons. The maximum Gasteiger partial charge on any atom is 0.240 e. The average molecular weight is 316 g/mol. The van der Waals surface area contributed by atoms with Gasteiger partial charge in [0.25, 0.3) is 0 Å². The molecule has 1 unspecified atom stereocenters. The highest BCUT2D eigenvalue weighted by Gasteiger charge is 2.18. The first-order valence-electron chi connectivity index (χ1n) is 6.64.